The number of rotatable bonds is 9. The van der Waals surface area contributed by atoms with E-state index < -0.39 is 0 Å². The van der Waals surface area contributed by atoms with Gasteiger partial charge in [-0.2, -0.15) is 4.98 Å². The van der Waals surface area contributed by atoms with E-state index in [1.165, 1.54) is 17.1 Å². The molecule has 10 nitrogen and oxygen atoms in total. The molecular formula is C25H30FN7O3. The number of fused-ring (bicyclic) bond motifs is 1. The molecule has 0 spiro atoms. The fourth-order valence-corrected chi connectivity index (χ4v) is 4.15. The van der Waals surface area contributed by atoms with Gasteiger partial charge in [0.1, 0.15) is 5.82 Å². The van der Waals surface area contributed by atoms with Crippen molar-refractivity contribution in [3.05, 3.63) is 64.8 Å². The van der Waals surface area contributed by atoms with Gasteiger partial charge in [-0.1, -0.05) is 23.4 Å². The molecule has 190 valence electrons. The first kappa shape index (κ1) is 25.3. The van der Waals surface area contributed by atoms with Gasteiger partial charge in [-0.15, -0.1) is 0 Å². The molecule has 11 heteroatoms. The number of likely N-dealkylation sites (N-methyl/N-ethyl adjacent to an activating group) is 1. The number of amides is 2. The second-order valence-corrected chi connectivity index (χ2v) is 8.79. The Morgan fingerprint density at radius 1 is 1.14 bits per heavy atom. The molecule has 3 aromatic rings. The van der Waals surface area contributed by atoms with Gasteiger partial charge in [0.05, 0.1) is 13.1 Å². The SMILES string of the molecule is Cc1nc(-c2ccc(C)c(N(CC(=O)NCCN)CC(=O)N(C)N3Cc4ccc(F)cc4C3)c2)no1. The van der Waals surface area contributed by atoms with Crippen LogP contribution in [0.4, 0.5) is 10.1 Å². The molecule has 2 aromatic carbocycles. The van der Waals surface area contributed by atoms with Gasteiger partial charge in [-0.25, -0.2) is 9.40 Å². The first-order chi connectivity index (χ1) is 17.2. The zero-order chi connectivity index (χ0) is 25.8. The lowest BCUT2D eigenvalue weighted by Crippen LogP contribution is -2.48. The second-order valence-electron chi connectivity index (χ2n) is 8.79. The molecule has 0 atom stereocenters. The number of hydrazine groups is 1. The molecule has 0 aliphatic carbocycles. The summed E-state index contributed by atoms with van der Waals surface area (Å²) in [5, 5.41) is 10.1. The van der Waals surface area contributed by atoms with Crippen molar-refractivity contribution in [2.75, 3.05) is 38.1 Å². The van der Waals surface area contributed by atoms with Crippen LogP contribution in [0.1, 0.15) is 22.6 Å². The summed E-state index contributed by atoms with van der Waals surface area (Å²) in [6.07, 6.45) is 0. The minimum atomic E-state index is -0.300. The number of halogens is 1. The lowest BCUT2D eigenvalue weighted by molar-refractivity contribution is -0.145. The van der Waals surface area contributed by atoms with Crippen LogP contribution in [0.15, 0.2) is 40.9 Å². The van der Waals surface area contributed by atoms with Gasteiger partial charge >= 0.3 is 0 Å². The van der Waals surface area contributed by atoms with Crippen LogP contribution in [0.3, 0.4) is 0 Å². The number of nitrogens with two attached hydrogens (primary N) is 1. The van der Waals surface area contributed by atoms with Crippen molar-refractivity contribution >= 4 is 17.5 Å². The van der Waals surface area contributed by atoms with Crippen molar-refractivity contribution in [1.82, 2.24) is 25.5 Å². The summed E-state index contributed by atoms with van der Waals surface area (Å²) in [5.74, 6) is 0.0990. The number of hydrogen-bond donors (Lipinski definition) is 2. The Morgan fingerprint density at radius 3 is 2.64 bits per heavy atom. The molecule has 2 amide bonds. The minimum Gasteiger partial charge on any atom is -0.353 e. The summed E-state index contributed by atoms with van der Waals surface area (Å²) in [6, 6.07) is 10.3. The molecule has 1 aliphatic heterocycles. The third kappa shape index (κ3) is 5.69. The average molecular weight is 496 g/mol. The zero-order valence-electron chi connectivity index (χ0n) is 20.6. The standard InChI is InChI=1S/C25H30FN7O3/c1-16-4-5-18(25-29-17(2)36-30-25)11-22(16)32(14-23(34)28-9-8-27)15-24(35)31(3)33-12-19-6-7-21(26)10-20(19)13-33/h4-7,10-11H,8-9,12-15,27H2,1-3H3,(H,28,34). The smallest absolute Gasteiger partial charge is 0.256 e. The predicted octanol–water partition coefficient (Wildman–Crippen LogP) is 1.76. The first-order valence-electron chi connectivity index (χ1n) is 11.7. The van der Waals surface area contributed by atoms with E-state index in [2.05, 4.69) is 15.5 Å². The van der Waals surface area contributed by atoms with Crippen molar-refractivity contribution in [1.29, 1.82) is 0 Å². The number of hydrogen-bond acceptors (Lipinski definition) is 8. The highest BCUT2D eigenvalue weighted by molar-refractivity contribution is 5.87. The highest BCUT2D eigenvalue weighted by Crippen LogP contribution is 2.28. The summed E-state index contributed by atoms with van der Waals surface area (Å²) in [6.45, 7) is 5.10. The average Bonchev–Trinajstić information content (AvgIpc) is 3.48. The first-order valence-corrected chi connectivity index (χ1v) is 11.7. The van der Waals surface area contributed by atoms with Gasteiger partial charge in [0, 0.05) is 51.4 Å². The second kappa shape index (κ2) is 10.8. The van der Waals surface area contributed by atoms with Crippen molar-refractivity contribution < 1.29 is 18.5 Å². The van der Waals surface area contributed by atoms with E-state index >= 15 is 0 Å². The quantitative estimate of drug-likeness (QED) is 0.461. The van der Waals surface area contributed by atoms with Gasteiger partial charge in [-0.05, 0) is 41.8 Å². The Kier molecular flexibility index (Phi) is 7.61. The number of carbonyl (C=O) groups excluding carboxylic acids is 2. The van der Waals surface area contributed by atoms with Crippen LogP contribution in [0, 0.1) is 19.7 Å². The fraction of sp³-hybridized carbons (Fsp3) is 0.360. The lowest BCUT2D eigenvalue weighted by atomic mass is 10.1. The summed E-state index contributed by atoms with van der Waals surface area (Å²) < 4.78 is 18.8. The van der Waals surface area contributed by atoms with E-state index in [9.17, 15) is 14.0 Å². The number of nitrogens with zero attached hydrogens (tertiary/aromatic N) is 5. The van der Waals surface area contributed by atoms with Crippen LogP contribution in [-0.2, 0) is 22.7 Å². The molecule has 0 saturated heterocycles. The zero-order valence-corrected chi connectivity index (χ0v) is 20.6. The number of nitrogens with one attached hydrogen (secondary N) is 1. The van der Waals surface area contributed by atoms with Crippen LogP contribution < -0.4 is 16.0 Å². The Hall–Kier alpha value is -3.83. The van der Waals surface area contributed by atoms with E-state index in [1.54, 1.807) is 24.9 Å². The monoisotopic (exact) mass is 495 g/mol. The van der Waals surface area contributed by atoms with Gasteiger partial charge in [0.15, 0.2) is 0 Å². The maximum absolute atomic E-state index is 13.6. The van der Waals surface area contributed by atoms with E-state index in [-0.39, 0.29) is 30.7 Å². The summed E-state index contributed by atoms with van der Waals surface area (Å²) in [4.78, 5) is 32.0. The highest BCUT2D eigenvalue weighted by atomic mass is 19.1. The van der Waals surface area contributed by atoms with Crippen molar-refractivity contribution in [2.45, 2.75) is 26.9 Å². The molecule has 36 heavy (non-hydrogen) atoms. The molecule has 0 radical (unpaired) electrons. The Morgan fingerprint density at radius 2 is 1.92 bits per heavy atom. The number of carbonyl (C=O) groups is 2. The molecule has 0 fully saturated rings. The number of aryl methyl sites for hydroxylation is 2. The Labute approximate surface area is 208 Å². The Bertz CT molecular complexity index is 1260. The molecule has 1 aliphatic rings. The topological polar surface area (TPSA) is 121 Å². The lowest BCUT2D eigenvalue weighted by Gasteiger charge is -2.32. The maximum Gasteiger partial charge on any atom is 0.256 e. The van der Waals surface area contributed by atoms with Crippen LogP contribution in [-0.4, -0.2) is 65.2 Å². The molecule has 0 unspecified atom stereocenters. The van der Waals surface area contributed by atoms with E-state index in [1.807, 2.05) is 30.1 Å². The molecule has 3 N–H and O–H groups in total. The minimum absolute atomic E-state index is 0.0411. The molecule has 0 saturated carbocycles. The number of benzene rings is 2. The van der Waals surface area contributed by atoms with Gasteiger partial charge in [0.2, 0.25) is 17.6 Å². The highest BCUT2D eigenvalue weighted by Gasteiger charge is 2.27. The molecule has 2 heterocycles. The largest absolute Gasteiger partial charge is 0.353 e. The third-order valence-corrected chi connectivity index (χ3v) is 6.12. The van der Waals surface area contributed by atoms with Crippen molar-refractivity contribution in [3.63, 3.8) is 0 Å². The van der Waals surface area contributed by atoms with Crippen molar-refractivity contribution in [2.24, 2.45) is 5.73 Å². The maximum atomic E-state index is 13.6. The van der Waals surface area contributed by atoms with E-state index in [0.29, 0.717) is 49.1 Å². The van der Waals surface area contributed by atoms with Crippen molar-refractivity contribution in [3.8, 4) is 11.4 Å². The summed E-state index contributed by atoms with van der Waals surface area (Å²) in [5.41, 5.74) is 9.64. The summed E-state index contributed by atoms with van der Waals surface area (Å²) in [7, 11) is 1.68. The van der Waals surface area contributed by atoms with Crippen LogP contribution in [0.5, 0.6) is 0 Å². The third-order valence-electron chi connectivity index (χ3n) is 6.12. The fourth-order valence-electron chi connectivity index (χ4n) is 4.15. The van der Waals surface area contributed by atoms with Crippen LogP contribution in [0.25, 0.3) is 11.4 Å². The molecule has 1 aromatic heterocycles. The van der Waals surface area contributed by atoms with Gasteiger partial charge < -0.3 is 20.5 Å². The molecule has 0 bridgehead atoms. The summed E-state index contributed by atoms with van der Waals surface area (Å²) >= 11 is 0. The number of anilines is 1. The van der Waals surface area contributed by atoms with E-state index in [4.69, 9.17) is 10.3 Å². The number of aromatic nitrogens is 2. The normalized spacial score (nSPS) is 12.9. The van der Waals surface area contributed by atoms with Gasteiger partial charge in [0.25, 0.3) is 5.91 Å². The van der Waals surface area contributed by atoms with E-state index in [0.717, 1.165) is 16.7 Å². The van der Waals surface area contributed by atoms with Crippen LogP contribution in [0.2, 0.25) is 0 Å². The van der Waals surface area contributed by atoms with Gasteiger partial charge in [-0.3, -0.25) is 14.6 Å². The van der Waals surface area contributed by atoms with Crippen LogP contribution >= 0.6 is 0 Å². The Balaban J connectivity index is 1.56. The molecule has 4 rings (SSSR count). The predicted molar refractivity (Wildman–Crippen MR) is 132 cm³/mol. The molecular weight excluding hydrogens is 465 g/mol.